The molecule has 0 aliphatic carbocycles. The third-order valence-corrected chi connectivity index (χ3v) is 5.38. The average molecular weight is 394 g/mol. The Hall–Kier alpha value is -2.90. The molecule has 1 aliphatic heterocycles. The van der Waals surface area contributed by atoms with Gasteiger partial charge in [0.2, 0.25) is 5.91 Å². The number of hydrazine groups is 1. The number of fused-ring (bicyclic) bond motifs is 1. The first-order chi connectivity index (χ1) is 13.1. The predicted molar refractivity (Wildman–Crippen MR) is 110 cm³/mol. The van der Waals surface area contributed by atoms with Gasteiger partial charge in [0.15, 0.2) is 4.32 Å². The van der Waals surface area contributed by atoms with Gasteiger partial charge in [-0.2, -0.15) is 5.01 Å². The highest BCUT2D eigenvalue weighted by Crippen LogP contribution is 2.31. The number of furan rings is 1. The Morgan fingerprint density at radius 2 is 1.96 bits per heavy atom. The van der Waals surface area contributed by atoms with Crippen LogP contribution in [0, 0.1) is 0 Å². The van der Waals surface area contributed by atoms with Crippen molar-refractivity contribution >= 4 is 57.0 Å². The van der Waals surface area contributed by atoms with Gasteiger partial charge in [0.05, 0.1) is 17.6 Å². The molecule has 134 valence electrons. The molecule has 7 heteroatoms. The van der Waals surface area contributed by atoms with Gasteiger partial charge in [-0.25, -0.2) is 0 Å². The molecule has 0 bridgehead atoms. The van der Waals surface area contributed by atoms with Crippen molar-refractivity contribution in [2.45, 2.75) is 6.42 Å². The van der Waals surface area contributed by atoms with Crippen molar-refractivity contribution in [3.8, 4) is 0 Å². The Balaban J connectivity index is 1.49. The van der Waals surface area contributed by atoms with E-state index in [0.29, 0.717) is 10.7 Å². The number of nitrogens with zero attached hydrogens (tertiary/aromatic N) is 1. The van der Waals surface area contributed by atoms with E-state index in [-0.39, 0.29) is 22.6 Å². The minimum Gasteiger partial charge on any atom is -0.465 e. The van der Waals surface area contributed by atoms with E-state index in [9.17, 15) is 9.59 Å². The van der Waals surface area contributed by atoms with Crippen LogP contribution in [0.1, 0.15) is 11.3 Å². The topological polar surface area (TPSA) is 62.6 Å². The van der Waals surface area contributed by atoms with Crippen molar-refractivity contribution in [1.82, 2.24) is 10.4 Å². The van der Waals surface area contributed by atoms with Crippen molar-refractivity contribution < 1.29 is 14.0 Å². The summed E-state index contributed by atoms with van der Waals surface area (Å²) in [6, 6.07) is 17.2. The first kappa shape index (κ1) is 17.5. The third kappa shape index (κ3) is 3.65. The van der Waals surface area contributed by atoms with Crippen molar-refractivity contribution in [3.05, 3.63) is 77.1 Å². The fraction of sp³-hybridized carbons (Fsp3) is 0.0500. The molecule has 5 nitrogen and oxygen atoms in total. The number of rotatable bonds is 4. The Kier molecular flexibility index (Phi) is 4.79. The largest absolute Gasteiger partial charge is 0.465 e. The summed E-state index contributed by atoms with van der Waals surface area (Å²) in [4.78, 5) is 25.5. The van der Waals surface area contributed by atoms with E-state index in [1.165, 1.54) is 6.26 Å². The maximum absolute atomic E-state index is 12.5. The van der Waals surface area contributed by atoms with E-state index in [4.69, 9.17) is 16.6 Å². The molecular formula is C20H14N2O3S2. The Morgan fingerprint density at radius 1 is 1.15 bits per heavy atom. The van der Waals surface area contributed by atoms with Crippen LogP contribution in [0.2, 0.25) is 0 Å². The second kappa shape index (κ2) is 7.38. The summed E-state index contributed by atoms with van der Waals surface area (Å²) >= 11 is 6.36. The molecule has 0 spiro atoms. The highest BCUT2D eigenvalue weighted by molar-refractivity contribution is 8.26. The van der Waals surface area contributed by atoms with Gasteiger partial charge < -0.3 is 4.42 Å². The second-order valence-electron chi connectivity index (χ2n) is 5.88. The van der Waals surface area contributed by atoms with Gasteiger partial charge >= 0.3 is 0 Å². The van der Waals surface area contributed by atoms with Crippen LogP contribution in [0.15, 0.2) is 70.2 Å². The van der Waals surface area contributed by atoms with Crippen LogP contribution in [-0.4, -0.2) is 21.1 Å². The quantitative estimate of drug-likeness (QED) is 0.537. The number of amides is 2. The summed E-state index contributed by atoms with van der Waals surface area (Å²) in [6.45, 7) is 0. The summed E-state index contributed by atoms with van der Waals surface area (Å²) in [5, 5.41) is 3.19. The van der Waals surface area contributed by atoms with Crippen LogP contribution >= 0.6 is 24.0 Å². The highest BCUT2D eigenvalue weighted by atomic mass is 32.2. The zero-order valence-electron chi connectivity index (χ0n) is 14.0. The summed E-state index contributed by atoms with van der Waals surface area (Å²) < 4.78 is 5.51. The minimum atomic E-state index is -0.368. The standard InChI is InChI=1S/C20H14N2O3S2/c23-18(11-14-7-3-6-13-5-1-2-9-16(13)14)21-22-19(24)17(27-20(22)26)12-15-8-4-10-25-15/h1-10,12H,11H2,(H,21,23). The highest BCUT2D eigenvalue weighted by Gasteiger charge is 2.33. The zero-order chi connectivity index (χ0) is 18.8. The molecule has 4 rings (SSSR count). The molecule has 2 heterocycles. The van der Waals surface area contributed by atoms with Crippen LogP contribution < -0.4 is 5.43 Å². The Labute approximate surface area is 165 Å². The maximum atomic E-state index is 12.5. The van der Waals surface area contributed by atoms with Crippen LogP contribution in [-0.2, 0) is 16.0 Å². The maximum Gasteiger partial charge on any atom is 0.285 e. The van der Waals surface area contributed by atoms with E-state index >= 15 is 0 Å². The molecule has 1 saturated heterocycles. The Morgan fingerprint density at radius 3 is 2.78 bits per heavy atom. The number of thiocarbonyl (C=S) groups is 1. The molecule has 1 aromatic heterocycles. The van der Waals surface area contributed by atoms with Crippen LogP contribution in [0.25, 0.3) is 16.8 Å². The van der Waals surface area contributed by atoms with E-state index < -0.39 is 0 Å². The van der Waals surface area contributed by atoms with Gasteiger partial charge in [-0.15, -0.1) is 0 Å². The summed E-state index contributed by atoms with van der Waals surface area (Å²) in [5.74, 6) is -0.118. The number of hydrogen-bond acceptors (Lipinski definition) is 5. The lowest BCUT2D eigenvalue weighted by molar-refractivity contribution is -0.132. The number of thioether (sulfide) groups is 1. The van der Waals surface area contributed by atoms with Crippen LogP contribution in [0.4, 0.5) is 0 Å². The number of nitrogens with one attached hydrogen (secondary N) is 1. The molecule has 0 saturated carbocycles. The lowest BCUT2D eigenvalue weighted by Gasteiger charge is -2.16. The molecule has 0 atom stereocenters. The van der Waals surface area contributed by atoms with E-state index in [2.05, 4.69) is 5.43 Å². The molecular weight excluding hydrogens is 380 g/mol. The van der Waals surface area contributed by atoms with Crippen molar-refractivity contribution in [3.63, 3.8) is 0 Å². The third-order valence-electron chi connectivity index (χ3n) is 4.08. The molecule has 0 unspecified atom stereocenters. The van der Waals surface area contributed by atoms with Crippen molar-refractivity contribution in [2.75, 3.05) is 0 Å². The van der Waals surface area contributed by atoms with E-state index in [1.807, 2.05) is 42.5 Å². The molecule has 1 fully saturated rings. The van der Waals surface area contributed by atoms with Crippen molar-refractivity contribution in [2.24, 2.45) is 0 Å². The van der Waals surface area contributed by atoms with Crippen molar-refractivity contribution in [1.29, 1.82) is 0 Å². The summed E-state index contributed by atoms with van der Waals surface area (Å²) in [7, 11) is 0. The van der Waals surface area contributed by atoms with Gasteiger partial charge in [-0.1, -0.05) is 54.2 Å². The van der Waals surface area contributed by atoms with E-state index in [0.717, 1.165) is 33.1 Å². The smallest absolute Gasteiger partial charge is 0.285 e. The van der Waals surface area contributed by atoms with Crippen LogP contribution in [0.5, 0.6) is 0 Å². The molecule has 1 aliphatic rings. The van der Waals surface area contributed by atoms with Gasteiger partial charge in [0.25, 0.3) is 5.91 Å². The van der Waals surface area contributed by atoms with Gasteiger partial charge in [0.1, 0.15) is 5.76 Å². The minimum absolute atomic E-state index is 0.148. The molecule has 2 amide bonds. The number of hydrogen-bond donors (Lipinski definition) is 1. The Bertz CT molecular complexity index is 1070. The molecule has 0 radical (unpaired) electrons. The molecule has 27 heavy (non-hydrogen) atoms. The number of carbonyl (C=O) groups excluding carboxylic acids is 2. The summed E-state index contributed by atoms with van der Waals surface area (Å²) in [6.07, 6.45) is 3.28. The number of carbonyl (C=O) groups is 2. The van der Waals surface area contributed by atoms with Gasteiger partial charge in [0, 0.05) is 6.08 Å². The SMILES string of the molecule is O=C(Cc1cccc2ccccc12)NN1C(=O)C(=Cc2ccco2)SC1=S. The normalized spacial score (nSPS) is 15.7. The first-order valence-corrected chi connectivity index (χ1v) is 9.42. The average Bonchev–Trinajstić information content (AvgIpc) is 3.26. The monoisotopic (exact) mass is 394 g/mol. The van der Waals surface area contributed by atoms with Gasteiger partial charge in [-0.05, 0) is 40.7 Å². The molecule has 3 aromatic rings. The lowest BCUT2D eigenvalue weighted by Crippen LogP contribution is -2.45. The molecule has 2 aromatic carbocycles. The predicted octanol–water partition coefficient (Wildman–Crippen LogP) is 3.91. The number of benzene rings is 2. The van der Waals surface area contributed by atoms with Crippen LogP contribution in [0.3, 0.4) is 0 Å². The summed E-state index contributed by atoms with van der Waals surface area (Å²) in [5.41, 5.74) is 3.50. The first-order valence-electron chi connectivity index (χ1n) is 8.19. The fourth-order valence-corrected chi connectivity index (χ4v) is 4.01. The molecule has 1 N–H and O–H groups in total. The fourth-order valence-electron chi connectivity index (χ4n) is 2.85. The lowest BCUT2D eigenvalue weighted by atomic mass is 10.0. The van der Waals surface area contributed by atoms with Gasteiger partial charge in [-0.3, -0.25) is 15.0 Å². The second-order valence-corrected chi connectivity index (χ2v) is 7.56. The van der Waals surface area contributed by atoms with E-state index in [1.54, 1.807) is 18.2 Å². The zero-order valence-corrected chi connectivity index (χ0v) is 15.7.